The highest BCUT2D eigenvalue weighted by atomic mass is 32.2. The Balaban J connectivity index is 2.14. The number of carbonyl (C=O) groups is 1. The van der Waals surface area contributed by atoms with Crippen LogP contribution in [-0.4, -0.2) is 33.1 Å². The van der Waals surface area contributed by atoms with Crippen molar-refractivity contribution in [3.8, 4) is 5.75 Å². The van der Waals surface area contributed by atoms with Crippen LogP contribution in [0.1, 0.15) is 17.5 Å². The maximum absolute atomic E-state index is 14.4. The fourth-order valence-corrected chi connectivity index (χ4v) is 4.89. The lowest BCUT2D eigenvalue weighted by molar-refractivity contribution is -0.136. The van der Waals surface area contributed by atoms with Gasteiger partial charge in [0.15, 0.2) is 0 Å². The van der Waals surface area contributed by atoms with Gasteiger partial charge in [-0.05, 0) is 42.2 Å². The molecule has 0 radical (unpaired) electrons. The van der Waals surface area contributed by atoms with E-state index in [-0.39, 0.29) is 29.3 Å². The predicted molar refractivity (Wildman–Crippen MR) is 93.6 cm³/mol. The smallest absolute Gasteiger partial charge is 0.307 e. The minimum atomic E-state index is -4.12. The minimum absolute atomic E-state index is 0.0458. The number of aryl methyl sites for hydroxylation is 1. The van der Waals surface area contributed by atoms with Crippen molar-refractivity contribution >= 4 is 21.7 Å². The molecule has 2 aromatic rings. The van der Waals surface area contributed by atoms with E-state index in [1.807, 2.05) is 0 Å². The van der Waals surface area contributed by atoms with Crippen LogP contribution in [-0.2, 0) is 27.7 Å². The van der Waals surface area contributed by atoms with Gasteiger partial charge in [0.2, 0.25) is 0 Å². The van der Waals surface area contributed by atoms with Crippen LogP contribution in [0.5, 0.6) is 5.75 Å². The first-order chi connectivity index (χ1) is 12.3. The lowest BCUT2D eigenvalue weighted by atomic mass is 10.0. The standard InChI is InChI=1S/C18H18FNO5S/c1-25-15-8-7-12(11-17(21)22)10-16(15)26(23,24)20-9-3-5-13-4-2-6-14(19)18(13)20/h2,4,6-8,10H,3,5,9,11H2,1H3,(H,21,22). The number of halogens is 1. The first kappa shape index (κ1) is 18.2. The second-order valence-electron chi connectivity index (χ2n) is 5.98. The van der Waals surface area contributed by atoms with Crippen LogP contribution >= 0.6 is 0 Å². The number of fused-ring (bicyclic) bond motifs is 1. The molecular formula is C18H18FNO5S. The summed E-state index contributed by atoms with van der Waals surface area (Å²) in [5.74, 6) is -1.60. The van der Waals surface area contributed by atoms with Crippen LogP contribution in [0.4, 0.5) is 10.1 Å². The largest absolute Gasteiger partial charge is 0.495 e. The summed E-state index contributed by atoms with van der Waals surface area (Å²) in [6.07, 6.45) is 0.833. The van der Waals surface area contributed by atoms with E-state index in [9.17, 15) is 17.6 Å². The molecule has 0 bridgehead atoms. The van der Waals surface area contributed by atoms with Gasteiger partial charge in [-0.15, -0.1) is 0 Å². The van der Waals surface area contributed by atoms with Crippen molar-refractivity contribution in [3.05, 3.63) is 53.3 Å². The van der Waals surface area contributed by atoms with Gasteiger partial charge in [-0.1, -0.05) is 18.2 Å². The summed E-state index contributed by atoms with van der Waals surface area (Å²) in [6.45, 7) is 0.141. The fraction of sp³-hybridized carbons (Fsp3) is 0.278. The topological polar surface area (TPSA) is 83.9 Å². The average molecular weight is 379 g/mol. The Labute approximate surface area is 150 Å². The summed E-state index contributed by atoms with van der Waals surface area (Å²) >= 11 is 0. The number of methoxy groups -OCH3 is 1. The molecule has 1 aliphatic rings. The molecule has 26 heavy (non-hydrogen) atoms. The van der Waals surface area contributed by atoms with Crippen molar-refractivity contribution in [3.63, 3.8) is 0 Å². The Morgan fingerprint density at radius 3 is 2.77 bits per heavy atom. The average Bonchev–Trinajstić information content (AvgIpc) is 2.61. The Kier molecular flexibility index (Phi) is 4.86. The molecule has 1 heterocycles. The summed E-state index contributed by atoms with van der Waals surface area (Å²) in [4.78, 5) is 10.8. The summed E-state index contributed by atoms with van der Waals surface area (Å²) in [5, 5.41) is 8.96. The summed E-state index contributed by atoms with van der Waals surface area (Å²) < 4.78 is 47.1. The zero-order chi connectivity index (χ0) is 18.9. The molecule has 0 saturated carbocycles. The highest BCUT2D eigenvalue weighted by Crippen LogP contribution is 2.37. The Hall–Kier alpha value is -2.61. The third-order valence-corrected chi connectivity index (χ3v) is 6.10. The molecule has 1 aliphatic heterocycles. The molecule has 138 valence electrons. The van der Waals surface area contributed by atoms with Crippen molar-refractivity contribution in [2.75, 3.05) is 18.0 Å². The third-order valence-electron chi connectivity index (χ3n) is 4.28. The number of nitrogens with zero attached hydrogens (tertiary/aromatic N) is 1. The second kappa shape index (κ2) is 6.95. The number of carboxylic acids is 1. The summed E-state index contributed by atoms with van der Waals surface area (Å²) in [7, 11) is -2.79. The number of sulfonamides is 1. The summed E-state index contributed by atoms with van der Waals surface area (Å²) in [5.41, 5.74) is 0.993. The van der Waals surface area contributed by atoms with Gasteiger partial charge in [-0.2, -0.15) is 0 Å². The lowest BCUT2D eigenvalue weighted by Crippen LogP contribution is -2.36. The van der Waals surface area contributed by atoms with Crippen molar-refractivity contribution in [1.29, 1.82) is 0 Å². The molecule has 8 heteroatoms. The van der Waals surface area contributed by atoms with Gasteiger partial charge >= 0.3 is 5.97 Å². The number of para-hydroxylation sites is 1. The van der Waals surface area contributed by atoms with E-state index in [4.69, 9.17) is 9.84 Å². The van der Waals surface area contributed by atoms with Crippen molar-refractivity contribution in [2.24, 2.45) is 0 Å². The van der Waals surface area contributed by atoms with Gasteiger partial charge in [0.1, 0.15) is 16.5 Å². The van der Waals surface area contributed by atoms with Gasteiger partial charge in [-0.3, -0.25) is 9.10 Å². The van der Waals surface area contributed by atoms with E-state index in [1.165, 1.54) is 31.4 Å². The summed E-state index contributed by atoms with van der Waals surface area (Å²) in [6, 6.07) is 8.67. The van der Waals surface area contributed by atoms with Gasteiger partial charge < -0.3 is 9.84 Å². The quantitative estimate of drug-likeness (QED) is 0.863. The van der Waals surface area contributed by atoms with Crippen molar-refractivity contribution < 1.29 is 27.4 Å². The molecule has 3 rings (SSSR count). The second-order valence-corrected chi connectivity index (χ2v) is 7.81. The van der Waals surface area contributed by atoms with Gasteiger partial charge in [0, 0.05) is 6.54 Å². The zero-order valence-corrected chi connectivity index (χ0v) is 14.9. The van der Waals surface area contributed by atoms with E-state index in [1.54, 1.807) is 12.1 Å². The van der Waals surface area contributed by atoms with E-state index in [0.29, 0.717) is 24.0 Å². The van der Waals surface area contributed by atoms with Crippen molar-refractivity contribution in [2.45, 2.75) is 24.2 Å². The normalized spacial score (nSPS) is 14.0. The maximum atomic E-state index is 14.4. The predicted octanol–water partition coefficient (Wildman–Crippen LogP) is 2.60. The molecule has 0 saturated heterocycles. The number of ether oxygens (including phenoxy) is 1. The number of benzene rings is 2. The lowest BCUT2D eigenvalue weighted by Gasteiger charge is -2.31. The van der Waals surface area contributed by atoms with Crippen molar-refractivity contribution in [1.82, 2.24) is 0 Å². The highest BCUT2D eigenvalue weighted by Gasteiger charge is 2.33. The molecule has 0 aliphatic carbocycles. The maximum Gasteiger partial charge on any atom is 0.307 e. The van der Waals surface area contributed by atoms with Crippen LogP contribution < -0.4 is 9.04 Å². The Bertz CT molecular complexity index is 958. The van der Waals surface area contributed by atoms with Crippen LogP contribution in [0.3, 0.4) is 0 Å². The molecule has 0 spiro atoms. The Morgan fingerprint density at radius 1 is 1.31 bits per heavy atom. The van der Waals surface area contributed by atoms with E-state index >= 15 is 0 Å². The molecule has 0 unspecified atom stereocenters. The van der Waals surface area contributed by atoms with Gasteiger partial charge in [0.05, 0.1) is 19.2 Å². The van der Waals surface area contributed by atoms with E-state index < -0.39 is 21.8 Å². The minimum Gasteiger partial charge on any atom is -0.495 e. The fourth-order valence-electron chi connectivity index (χ4n) is 3.13. The van der Waals surface area contributed by atoms with E-state index in [0.717, 1.165) is 4.31 Å². The van der Waals surface area contributed by atoms with Crippen LogP contribution in [0.2, 0.25) is 0 Å². The Morgan fingerprint density at radius 2 is 2.08 bits per heavy atom. The number of anilines is 1. The molecule has 0 amide bonds. The monoisotopic (exact) mass is 379 g/mol. The molecule has 2 aromatic carbocycles. The molecule has 0 aromatic heterocycles. The molecule has 0 atom stereocenters. The van der Waals surface area contributed by atoms with Gasteiger partial charge in [0.25, 0.3) is 10.0 Å². The highest BCUT2D eigenvalue weighted by molar-refractivity contribution is 7.93. The number of hydrogen-bond donors (Lipinski definition) is 1. The number of hydrogen-bond acceptors (Lipinski definition) is 4. The van der Waals surface area contributed by atoms with Crippen LogP contribution in [0.25, 0.3) is 0 Å². The van der Waals surface area contributed by atoms with Crippen LogP contribution in [0.15, 0.2) is 41.3 Å². The first-order valence-electron chi connectivity index (χ1n) is 8.03. The number of rotatable bonds is 5. The van der Waals surface area contributed by atoms with Crippen LogP contribution in [0, 0.1) is 5.82 Å². The zero-order valence-electron chi connectivity index (χ0n) is 14.1. The molecule has 6 nitrogen and oxygen atoms in total. The number of aliphatic carboxylic acids is 1. The third kappa shape index (κ3) is 3.24. The SMILES string of the molecule is COc1ccc(CC(=O)O)cc1S(=O)(=O)N1CCCc2cccc(F)c21. The number of carboxylic acid groups (broad SMARTS) is 1. The first-order valence-corrected chi connectivity index (χ1v) is 9.47. The molecular weight excluding hydrogens is 361 g/mol. The molecule has 0 fully saturated rings. The van der Waals surface area contributed by atoms with Gasteiger partial charge in [-0.25, -0.2) is 12.8 Å². The molecule has 1 N–H and O–H groups in total. The van der Waals surface area contributed by atoms with E-state index in [2.05, 4.69) is 0 Å².